The van der Waals surface area contributed by atoms with Crippen molar-refractivity contribution in [3.8, 4) is 0 Å². The van der Waals surface area contributed by atoms with Gasteiger partial charge in [-0.3, -0.25) is 0 Å². The molecule has 0 aliphatic heterocycles. The zero-order valence-electron chi connectivity index (χ0n) is 11.7. The smallest absolute Gasteiger partial charge is 0.169 e. The van der Waals surface area contributed by atoms with E-state index in [1.807, 2.05) is 12.1 Å². The first kappa shape index (κ1) is 13.7. The van der Waals surface area contributed by atoms with Crippen LogP contribution < -0.4 is 5.32 Å². The van der Waals surface area contributed by atoms with Gasteiger partial charge in [-0.05, 0) is 25.1 Å². The van der Waals surface area contributed by atoms with E-state index in [4.69, 9.17) is 4.42 Å². The molecule has 0 aliphatic rings. The minimum Gasteiger partial charge on any atom is -0.456 e. The Morgan fingerprint density at radius 2 is 2.10 bits per heavy atom. The van der Waals surface area contributed by atoms with E-state index in [1.54, 1.807) is 18.5 Å². The molecule has 2 aromatic heterocycles. The second-order valence-electron chi connectivity index (χ2n) is 4.87. The number of halogens is 1. The number of benzene rings is 1. The van der Waals surface area contributed by atoms with Crippen molar-refractivity contribution in [1.82, 2.24) is 15.3 Å². The van der Waals surface area contributed by atoms with Gasteiger partial charge in [-0.1, -0.05) is 19.1 Å². The van der Waals surface area contributed by atoms with Gasteiger partial charge in [-0.25, -0.2) is 14.4 Å². The summed E-state index contributed by atoms with van der Waals surface area (Å²) in [4.78, 5) is 8.09. The lowest BCUT2D eigenvalue weighted by Gasteiger charge is -2.15. The third-order valence-electron chi connectivity index (χ3n) is 3.31. The highest BCUT2D eigenvalue weighted by Gasteiger charge is 2.19. The lowest BCUT2D eigenvalue weighted by Crippen LogP contribution is -2.23. The fraction of sp³-hybridized carbons (Fsp3) is 0.250. The molecule has 1 atom stereocenters. The van der Waals surface area contributed by atoms with Gasteiger partial charge in [0.2, 0.25) is 0 Å². The van der Waals surface area contributed by atoms with E-state index in [9.17, 15) is 4.39 Å². The first-order chi connectivity index (χ1) is 10.3. The van der Waals surface area contributed by atoms with Gasteiger partial charge in [0.15, 0.2) is 11.4 Å². The summed E-state index contributed by atoms with van der Waals surface area (Å²) < 4.78 is 19.5. The lowest BCUT2D eigenvalue weighted by molar-refractivity contribution is 0.457. The molecule has 0 spiro atoms. The van der Waals surface area contributed by atoms with Gasteiger partial charge >= 0.3 is 0 Å². The molecule has 0 bridgehead atoms. The van der Waals surface area contributed by atoms with Gasteiger partial charge < -0.3 is 9.73 Å². The molecule has 108 valence electrons. The Hall–Kier alpha value is -2.27. The number of hydrogen-bond acceptors (Lipinski definition) is 4. The largest absolute Gasteiger partial charge is 0.456 e. The molecule has 0 saturated carbocycles. The molecule has 0 aliphatic carbocycles. The van der Waals surface area contributed by atoms with Crippen molar-refractivity contribution in [2.24, 2.45) is 0 Å². The maximum Gasteiger partial charge on any atom is 0.169 e. The molecule has 0 saturated heterocycles. The molecule has 0 amide bonds. The fourth-order valence-electron chi connectivity index (χ4n) is 2.32. The summed E-state index contributed by atoms with van der Waals surface area (Å²) in [6, 6.07) is 6.59. The van der Waals surface area contributed by atoms with E-state index in [2.05, 4.69) is 22.2 Å². The Kier molecular flexibility index (Phi) is 3.92. The Balaban J connectivity index is 2.03. The van der Waals surface area contributed by atoms with Crippen LogP contribution in [0.2, 0.25) is 0 Å². The van der Waals surface area contributed by atoms with Gasteiger partial charge in [0.1, 0.15) is 12.1 Å². The fourth-order valence-corrected chi connectivity index (χ4v) is 2.32. The molecule has 0 radical (unpaired) electrons. The van der Waals surface area contributed by atoms with Crippen molar-refractivity contribution < 1.29 is 8.81 Å². The summed E-state index contributed by atoms with van der Waals surface area (Å²) >= 11 is 0. The zero-order valence-corrected chi connectivity index (χ0v) is 11.7. The van der Waals surface area contributed by atoms with Crippen LogP contribution in [0.15, 0.2) is 47.4 Å². The molecule has 1 aromatic carbocycles. The monoisotopic (exact) mass is 285 g/mol. The van der Waals surface area contributed by atoms with E-state index < -0.39 is 0 Å². The quantitative estimate of drug-likeness (QED) is 0.780. The van der Waals surface area contributed by atoms with Crippen LogP contribution in [0, 0.1) is 5.82 Å². The molecule has 5 heteroatoms. The average molecular weight is 285 g/mol. The van der Waals surface area contributed by atoms with Crippen LogP contribution in [-0.4, -0.2) is 16.5 Å². The van der Waals surface area contributed by atoms with Gasteiger partial charge in [-0.2, -0.15) is 0 Å². The summed E-state index contributed by atoms with van der Waals surface area (Å²) in [5.74, 6) is 0.315. The maximum absolute atomic E-state index is 13.8. The van der Waals surface area contributed by atoms with E-state index >= 15 is 0 Å². The molecule has 1 N–H and O–H groups in total. The third kappa shape index (κ3) is 2.78. The number of furan rings is 1. The Morgan fingerprint density at radius 1 is 1.29 bits per heavy atom. The molecule has 3 rings (SSSR count). The number of nitrogens with one attached hydrogen (secondary N) is 1. The SMILES string of the molecule is CCCNC(c1cncnc1)c1cc2cccc(F)c2o1. The van der Waals surface area contributed by atoms with E-state index in [0.717, 1.165) is 23.9 Å². The maximum atomic E-state index is 13.8. The highest BCUT2D eigenvalue weighted by atomic mass is 19.1. The molecule has 0 fully saturated rings. The topological polar surface area (TPSA) is 51.0 Å². The van der Waals surface area contributed by atoms with E-state index in [0.29, 0.717) is 5.76 Å². The normalized spacial score (nSPS) is 12.7. The summed E-state index contributed by atoms with van der Waals surface area (Å²) in [6.07, 6.45) is 5.95. The first-order valence-corrected chi connectivity index (χ1v) is 6.96. The molecular weight excluding hydrogens is 269 g/mol. The highest BCUT2D eigenvalue weighted by molar-refractivity contribution is 5.78. The van der Waals surface area contributed by atoms with E-state index in [1.165, 1.54) is 12.4 Å². The minimum absolute atomic E-state index is 0.182. The zero-order chi connectivity index (χ0) is 14.7. The van der Waals surface area contributed by atoms with Gasteiger partial charge in [0, 0.05) is 23.3 Å². The van der Waals surface area contributed by atoms with Crippen molar-refractivity contribution in [3.63, 3.8) is 0 Å². The summed E-state index contributed by atoms with van der Waals surface area (Å²) in [5.41, 5.74) is 1.18. The van der Waals surface area contributed by atoms with Crippen LogP contribution in [-0.2, 0) is 0 Å². The minimum atomic E-state index is -0.350. The third-order valence-corrected chi connectivity index (χ3v) is 3.31. The molecule has 4 nitrogen and oxygen atoms in total. The number of fused-ring (bicyclic) bond motifs is 1. The van der Waals surface area contributed by atoms with Crippen LogP contribution in [0.5, 0.6) is 0 Å². The molecule has 3 aromatic rings. The molecular formula is C16H16FN3O. The number of nitrogens with zero attached hydrogens (tertiary/aromatic N) is 2. The van der Waals surface area contributed by atoms with Crippen molar-refractivity contribution in [1.29, 1.82) is 0 Å². The standard InChI is InChI=1S/C16H16FN3O/c1-2-6-20-15(12-8-18-10-19-9-12)14-7-11-4-3-5-13(17)16(11)21-14/h3-5,7-10,15,20H,2,6H2,1H3. The molecule has 21 heavy (non-hydrogen) atoms. The Bertz CT molecular complexity index is 727. The van der Waals surface area contributed by atoms with Crippen LogP contribution in [0.4, 0.5) is 4.39 Å². The van der Waals surface area contributed by atoms with Gasteiger partial charge in [0.25, 0.3) is 0 Å². The average Bonchev–Trinajstić information content (AvgIpc) is 2.94. The van der Waals surface area contributed by atoms with Crippen molar-refractivity contribution >= 4 is 11.0 Å². The van der Waals surface area contributed by atoms with Crippen molar-refractivity contribution in [2.45, 2.75) is 19.4 Å². The Morgan fingerprint density at radius 3 is 2.81 bits per heavy atom. The van der Waals surface area contributed by atoms with Crippen LogP contribution in [0.3, 0.4) is 0 Å². The summed E-state index contributed by atoms with van der Waals surface area (Å²) in [5, 5.41) is 4.14. The van der Waals surface area contributed by atoms with Crippen molar-refractivity contribution in [3.05, 3.63) is 60.1 Å². The second kappa shape index (κ2) is 6.01. The van der Waals surface area contributed by atoms with Gasteiger partial charge in [-0.15, -0.1) is 0 Å². The highest BCUT2D eigenvalue weighted by Crippen LogP contribution is 2.29. The number of aromatic nitrogens is 2. The van der Waals surface area contributed by atoms with Crippen LogP contribution in [0.25, 0.3) is 11.0 Å². The lowest BCUT2D eigenvalue weighted by atomic mass is 10.1. The molecule has 1 unspecified atom stereocenters. The second-order valence-corrected chi connectivity index (χ2v) is 4.87. The van der Waals surface area contributed by atoms with Crippen LogP contribution in [0.1, 0.15) is 30.7 Å². The predicted octanol–water partition coefficient (Wildman–Crippen LogP) is 3.45. The summed E-state index contributed by atoms with van der Waals surface area (Å²) in [7, 11) is 0. The van der Waals surface area contributed by atoms with Crippen molar-refractivity contribution in [2.75, 3.05) is 6.54 Å². The summed E-state index contributed by atoms with van der Waals surface area (Å²) in [6.45, 7) is 2.91. The van der Waals surface area contributed by atoms with Gasteiger partial charge in [0.05, 0.1) is 6.04 Å². The Labute approximate surface area is 122 Å². The van der Waals surface area contributed by atoms with Crippen LogP contribution >= 0.6 is 0 Å². The number of hydrogen-bond donors (Lipinski definition) is 1. The molecule has 2 heterocycles. The first-order valence-electron chi connectivity index (χ1n) is 6.96. The number of rotatable bonds is 5. The predicted molar refractivity (Wildman–Crippen MR) is 78.3 cm³/mol. The number of para-hydroxylation sites is 1. The van der Waals surface area contributed by atoms with E-state index in [-0.39, 0.29) is 17.4 Å².